The second-order valence-corrected chi connectivity index (χ2v) is 19.8. The number of sulfonamides is 1. The van der Waals surface area contributed by atoms with Crippen LogP contribution in [0.2, 0.25) is 0 Å². The molecule has 0 bridgehead atoms. The number of likely N-dealkylation sites (tertiary alicyclic amines) is 1. The number of hydrogen-bond donors (Lipinski definition) is 2. The van der Waals surface area contributed by atoms with Crippen molar-refractivity contribution in [1.82, 2.24) is 24.8 Å². The summed E-state index contributed by atoms with van der Waals surface area (Å²) in [7, 11) is -2.31. The zero-order chi connectivity index (χ0) is 40.6. The van der Waals surface area contributed by atoms with Gasteiger partial charge in [0.1, 0.15) is 23.4 Å². The third-order valence-corrected chi connectivity index (χ3v) is 15.6. The van der Waals surface area contributed by atoms with E-state index in [-0.39, 0.29) is 49.8 Å². The van der Waals surface area contributed by atoms with Crippen LogP contribution in [0.5, 0.6) is 5.75 Å². The predicted molar refractivity (Wildman–Crippen MR) is 215 cm³/mol. The number of benzene rings is 1. The van der Waals surface area contributed by atoms with E-state index in [1.54, 1.807) is 16.9 Å². The van der Waals surface area contributed by atoms with E-state index in [4.69, 9.17) is 9.47 Å². The van der Waals surface area contributed by atoms with Crippen molar-refractivity contribution in [3.8, 4) is 17.0 Å². The summed E-state index contributed by atoms with van der Waals surface area (Å²) in [6, 6.07) is 6.35. The van der Waals surface area contributed by atoms with Crippen LogP contribution in [-0.2, 0) is 33.9 Å². The maximum atomic E-state index is 14.8. The molecule has 14 nitrogen and oxygen atoms in total. The number of carbonyl (C=O) groups excluding carboxylic acids is 5. The number of aromatic nitrogens is 1. The first kappa shape index (κ1) is 40.5. The number of allylic oxidation sites excluding steroid dienone is 1. The smallest absolute Gasteiger partial charge is 0.306 e. The molecule has 3 saturated carbocycles. The Morgan fingerprint density at radius 1 is 0.966 bits per heavy atom. The Balaban J connectivity index is 1.05. The van der Waals surface area contributed by atoms with E-state index in [1.807, 2.05) is 41.8 Å². The summed E-state index contributed by atoms with van der Waals surface area (Å²) < 4.78 is 39.3. The van der Waals surface area contributed by atoms with E-state index < -0.39 is 62.4 Å². The molecule has 1 aromatic heterocycles. The normalized spacial score (nSPS) is 29.8. The summed E-state index contributed by atoms with van der Waals surface area (Å²) in [6.07, 6.45) is 13.1. The second-order valence-electron chi connectivity index (χ2n) is 17.0. The van der Waals surface area contributed by atoms with Crippen LogP contribution in [0.4, 0.5) is 0 Å². The topological polar surface area (TPSA) is 181 Å². The van der Waals surface area contributed by atoms with Crippen LogP contribution in [-0.4, -0.2) is 102 Å². The molecule has 4 heterocycles. The zero-order valence-corrected chi connectivity index (χ0v) is 34.6. The Labute approximate surface area is 343 Å². The maximum absolute atomic E-state index is 14.8. The van der Waals surface area contributed by atoms with Crippen LogP contribution in [0.1, 0.15) is 99.7 Å². The monoisotopic (exact) mass is 835 g/mol. The molecule has 3 aliphatic heterocycles. The lowest BCUT2D eigenvalue weighted by Gasteiger charge is -2.32. The first-order valence-corrected chi connectivity index (χ1v) is 23.3. The molecule has 312 valence electrons. The third kappa shape index (κ3) is 8.54. The highest BCUT2D eigenvalue weighted by Gasteiger charge is 2.63. The second kappa shape index (κ2) is 16.7. The molecule has 2 aromatic rings. The fourth-order valence-electron chi connectivity index (χ4n) is 9.39. The van der Waals surface area contributed by atoms with Gasteiger partial charge in [-0.05, 0) is 88.5 Å². The van der Waals surface area contributed by atoms with Gasteiger partial charge in [-0.15, -0.1) is 11.3 Å². The van der Waals surface area contributed by atoms with Gasteiger partial charge in [0.05, 0.1) is 24.5 Å². The first-order chi connectivity index (χ1) is 28.0. The van der Waals surface area contributed by atoms with E-state index in [0.29, 0.717) is 55.1 Å². The first-order valence-electron chi connectivity index (χ1n) is 20.9. The summed E-state index contributed by atoms with van der Waals surface area (Å²) in [5.41, 5.74) is -0.0100. The van der Waals surface area contributed by atoms with Crippen molar-refractivity contribution in [1.29, 1.82) is 0 Å². The molecular weight excluding hydrogens is 783 g/mol. The molecule has 2 saturated heterocycles. The molecule has 0 unspecified atom stereocenters. The number of nitrogens with one attached hydrogen (secondary N) is 2. The van der Waals surface area contributed by atoms with E-state index >= 15 is 0 Å². The Kier molecular flexibility index (Phi) is 11.7. The molecule has 0 spiro atoms. The minimum absolute atomic E-state index is 0.0892. The summed E-state index contributed by atoms with van der Waals surface area (Å²) in [5.74, 6) is -3.49. The standard InChI is InChI=1S/C42H53N5O9S2/c1-55-30-16-14-26(15-17-30)34-25-57-38(43-34)40(51)46-22-28-23-47-36(33(28)24-46)37(49)44-42(41(52)45-58(53,54)32-18-19-32)21-29(42)11-7-4-2-3-6-10-27(39(47)50)20-35(48)56-31-12-8-5-9-13-31/h7,11,14-17,25,27-29,31-33,36H,2-6,8-10,12-13,18-24H2,1H3,(H,44,49)(H,45,52)/b11-7-/t27-,28+,29-,33+,36+,42-/m1/s1. The lowest BCUT2D eigenvalue weighted by Crippen LogP contribution is -2.58. The van der Waals surface area contributed by atoms with Gasteiger partial charge in [-0.25, -0.2) is 13.4 Å². The van der Waals surface area contributed by atoms with Crippen LogP contribution >= 0.6 is 11.3 Å². The lowest BCUT2D eigenvalue weighted by atomic mass is 9.92. The van der Waals surface area contributed by atoms with E-state index in [2.05, 4.69) is 15.0 Å². The van der Waals surface area contributed by atoms with E-state index in [1.165, 1.54) is 11.3 Å². The fraction of sp³-hybridized carbons (Fsp3) is 0.619. The molecule has 58 heavy (non-hydrogen) atoms. The highest BCUT2D eigenvalue weighted by atomic mass is 32.2. The third-order valence-electron chi connectivity index (χ3n) is 12.9. The molecule has 1 aromatic carbocycles. The molecule has 8 rings (SSSR count). The Morgan fingerprint density at radius 3 is 2.45 bits per heavy atom. The Bertz CT molecular complexity index is 2040. The zero-order valence-electron chi connectivity index (χ0n) is 32.9. The summed E-state index contributed by atoms with van der Waals surface area (Å²) >= 11 is 1.24. The number of amides is 4. The molecular formula is C42H53N5O9S2. The van der Waals surface area contributed by atoms with Crippen molar-refractivity contribution in [2.45, 2.75) is 113 Å². The highest BCUT2D eigenvalue weighted by molar-refractivity contribution is 7.91. The van der Waals surface area contributed by atoms with Crippen molar-refractivity contribution >= 4 is 51.0 Å². The van der Waals surface area contributed by atoms with Gasteiger partial charge in [0.25, 0.3) is 11.8 Å². The number of methoxy groups -OCH3 is 1. The van der Waals surface area contributed by atoms with Gasteiger partial charge in [-0.1, -0.05) is 31.4 Å². The van der Waals surface area contributed by atoms with Crippen molar-refractivity contribution in [2.75, 3.05) is 26.7 Å². The number of esters is 1. The molecule has 4 amide bonds. The van der Waals surface area contributed by atoms with Gasteiger partial charge in [0.15, 0.2) is 5.01 Å². The van der Waals surface area contributed by atoms with Crippen molar-refractivity contribution < 1.29 is 41.9 Å². The highest BCUT2D eigenvalue weighted by Crippen LogP contribution is 2.47. The van der Waals surface area contributed by atoms with Gasteiger partial charge in [0, 0.05) is 54.2 Å². The molecule has 3 aliphatic carbocycles. The molecule has 0 radical (unpaired) electrons. The van der Waals surface area contributed by atoms with E-state index in [9.17, 15) is 32.4 Å². The van der Waals surface area contributed by atoms with Crippen LogP contribution in [0.15, 0.2) is 41.8 Å². The number of carbonyl (C=O) groups is 5. The molecule has 16 heteroatoms. The molecule has 2 N–H and O–H groups in total. The number of nitrogens with zero attached hydrogens (tertiary/aromatic N) is 3. The van der Waals surface area contributed by atoms with Crippen molar-refractivity contribution in [2.24, 2.45) is 23.7 Å². The van der Waals surface area contributed by atoms with Gasteiger partial charge < -0.3 is 24.6 Å². The quantitative estimate of drug-likeness (QED) is 0.268. The van der Waals surface area contributed by atoms with Crippen LogP contribution in [0.25, 0.3) is 11.3 Å². The largest absolute Gasteiger partial charge is 0.497 e. The average molecular weight is 836 g/mol. The number of ether oxygens (including phenoxy) is 2. The average Bonchev–Trinajstić information content (AvgIpc) is 4.04. The van der Waals surface area contributed by atoms with Gasteiger partial charge in [-0.3, -0.25) is 28.7 Å². The SMILES string of the molecule is COc1ccc(-c2csc(C(=O)N3C[C@H]4CN5C(=O)[C@@H](CC(=O)OC6CCCCC6)CCCCC/C=C\[C@@H]6C[C@@]6(C(=O)NS(=O)(=O)C6CC6)NC(=O)[C@@H]5[C@H]4C3)n2)cc1. The van der Waals surface area contributed by atoms with Gasteiger partial charge in [0.2, 0.25) is 21.8 Å². The fourth-order valence-corrected chi connectivity index (χ4v) is 11.5. The summed E-state index contributed by atoms with van der Waals surface area (Å²) in [5, 5.41) is 4.47. The molecule has 6 aliphatic rings. The minimum atomic E-state index is -3.90. The van der Waals surface area contributed by atoms with Crippen molar-refractivity contribution in [3.05, 3.63) is 46.8 Å². The molecule has 5 fully saturated rings. The maximum Gasteiger partial charge on any atom is 0.306 e. The lowest BCUT2D eigenvalue weighted by molar-refractivity contribution is -0.155. The van der Waals surface area contributed by atoms with Gasteiger partial charge in [-0.2, -0.15) is 0 Å². The number of fused-ring (bicyclic) bond motifs is 4. The minimum Gasteiger partial charge on any atom is -0.497 e. The Morgan fingerprint density at radius 2 is 1.71 bits per heavy atom. The number of thiazole rings is 1. The summed E-state index contributed by atoms with van der Waals surface area (Å²) in [6.45, 7) is 0.655. The van der Waals surface area contributed by atoms with E-state index in [0.717, 1.165) is 50.5 Å². The number of hydrogen-bond acceptors (Lipinski definition) is 11. The molecule has 6 atom stereocenters. The Hall–Kier alpha value is -4.31. The van der Waals surface area contributed by atoms with Gasteiger partial charge >= 0.3 is 5.97 Å². The summed E-state index contributed by atoms with van der Waals surface area (Å²) in [4.78, 5) is 78.6. The van der Waals surface area contributed by atoms with Crippen LogP contribution in [0, 0.1) is 23.7 Å². The number of rotatable bonds is 9. The van der Waals surface area contributed by atoms with Crippen LogP contribution in [0.3, 0.4) is 0 Å². The van der Waals surface area contributed by atoms with Crippen LogP contribution < -0.4 is 14.8 Å². The predicted octanol–water partition coefficient (Wildman–Crippen LogP) is 4.60. The van der Waals surface area contributed by atoms with Crippen molar-refractivity contribution in [3.63, 3.8) is 0 Å².